The molecule has 11 heteroatoms. The monoisotopic (exact) mass is 447 g/mol. The van der Waals surface area contributed by atoms with Crippen molar-refractivity contribution in [3.63, 3.8) is 0 Å². The van der Waals surface area contributed by atoms with Gasteiger partial charge < -0.3 is 4.74 Å². The highest BCUT2D eigenvalue weighted by molar-refractivity contribution is 5.89. The van der Waals surface area contributed by atoms with Crippen LogP contribution in [-0.4, -0.2) is 35.1 Å². The van der Waals surface area contributed by atoms with Gasteiger partial charge in [0.2, 0.25) is 6.43 Å². The first kappa shape index (κ1) is 22.8. The molecule has 0 radical (unpaired) electrons. The van der Waals surface area contributed by atoms with Crippen LogP contribution in [0, 0.1) is 17.6 Å². The van der Waals surface area contributed by atoms with E-state index < -0.39 is 59.8 Å². The van der Waals surface area contributed by atoms with Crippen molar-refractivity contribution in [1.82, 2.24) is 9.97 Å². The molecule has 3 atom stereocenters. The molecule has 1 aromatic carbocycles. The van der Waals surface area contributed by atoms with Gasteiger partial charge in [-0.25, -0.2) is 41.1 Å². The Kier molecular flexibility index (Phi) is 6.71. The molecule has 1 aromatic heterocycles. The fourth-order valence-corrected chi connectivity index (χ4v) is 3.36. The highest BCUT2D eigenvalue weighted by atomic mass is 19.3. The Bertz CT molecular complexity index is 959. The van der Waals surface area contributed by atoms with Crippen molar-refractivity contribution in [2.24, 2.45) is 5.92 Å². The van der Waals surface area contributed by atoms with Crippen molar-refractivity contribution in [2.45, 2.75) is 45.1 Å². The molecule has 1 aliphatic heterocycles. The van der Waals surface area contributed by atoms with Crippen molar-refractivity contribution < 1.29 is 35.9 Å². The number of carbonyl (C=O) groups excluding carboxylic acids is 1. The Hall–Kier alpha value is -2.85. The third-order valence-corrected chi connectivity index (χ3v) is 5.21. The second-order valence-electron chi connectivity index (χ2n) is 7.35. The summed E-state index contributed by atoms with van der Waals surface area (Å²) in [6, 6.07) is 1.95. The molecule has 0 saturated carbocycles. The van der Waals surface area contributed by atoms with Gasteiger partial charge in [0.1, 0.15) is 18.2 Å². The number of ether oxygens (including phenoxy) is 1. The zero-order valence-electron chi connectivity index (χ0n) is 16.5. The van der Waals surface area contributed by atoms with Crippen LogP contribution in [0.5, 0.6) is 0 Å². The predicted molar refractivity (Wildman–Crippen MR) is 98.2 cm³/mol. The lowest BCUT2D eigenvalue weighted by atomic mass is 9.95. The minimum Gasteiger partial charge on any atom is -0.447 e. The lowest BCUT2D eigenvalue weighted by molar-refractivity contribution is 0.0684. The molecule has 0 spiro atoms. The fraction of sp³-hybridized carbons (Fsp3) is 0.450. The molecule has 3 rings (SSSR count). The number of hydrogen-bond acceptors (Lipinski definition) is 4. The first-order chi connectivity index (χ1) is 14.6. The molecule has 0 unspecified atom stereocenters. The van der Waals surface area contributed by atoms with E-state index in [1.165, 1.54) is 13.0 Å². The number of rotatable bonds is 7. The van der Waals surface area contributed by atoms with E-state index >= 15 is 0 Å². The minimum absolute atomic E-state index is 0.0177. The Labute approximate surface area is 174 Å². The molecule has 31 heavy (non-hydrogen) atoms. The molecule has 1 aliphatic rings. The van der Waals surface area contributed by atoms with Crippen LogP contribution in [0.15, 0.2) is 24.4 Å². The van der Waals surface area contributed by atoms with Crippen molar-refractivity contribution in [1.29, 1.82) is 0 Å². The van der Waals surface area contributed by atoms with Gasteiger partial charge in [-0.2, -0.15) is 0 Å². The lowest BCUT2D eigenvalue weighted by Crippen LogP contribution is -2.41. The van der Waals surface area contributed by atoms with Crippen LogP contribution in [0.3, 0.4) is 0 Å². The Balaban J connectivity index is 1.86. The van der Waals surface area contributed by atoms with Crippen LogP contribution < -0.4 is 4.90 Å². The summed E-state index contributed by atoms with van der Waals surface area (Å²) in [6.07, 6.45) is -5.83. The van der Waals surface area contributed by atoms with Gasteiger partial charge in [-0.3, -0.25) is 4.90 Å². The molecule has 0 N–H and O–H groups in total. The number of hydrogen-bond donors (Lipinski definition) is 0. The van der Waals surface area contributed by atoms with Gasteiger partial charge in [-0.15, -0.1) is 0 Å². The summed E-state index contributed by atoms with van der Waals surface area (Å²) in [5.74, 6) is -4.21. The summed E-state index contributed by atoms with van der Waals surface area (Å²) >= 11 is 0. The molecule has 5 nitrogen and oxygen atoms in total. The van der Waals surface area contributed by atoms with Crippen LogP contribution in [0.2, 0.25) is 0 Å². The number of amides is 1. The third-order valence-electron chi connectivity index (χ3n) is 5.21. The van der Waals surface area contributed by atoms with E-state index in [2.05, 4.69) is 9.97 Å². The first-order valence-corrected chi connectivity index (χ1v) is 9.43. The lowest BCUT2D eigenvalue weighted by Gasteiger charge is -2.25. The highest BCUT2D eigenvalue weighted by Gasteiger charge is 2.43. The van der Waals surface area contributed by atoms with Crippen molar-refractivity contribution in [2.75, 3.05) is 11.5 Å². The molecule has 0 bridgehead atoms. The smallest absolute Gasteiger partial charge is 0.416 e. The molecule has 1 saturated heterocycles. The normalized spacial score (nSPS) is 18.6. The Morgan fingerprint density at radius 3 is 2.48 bits per heavy atom. The predicted octanol–water partition coefficient (Wildman–Crippen LogP) is 5.27. The zero-order chi connectivity index (χ0) is 22.9. The van der Waals surface area contributed by atoms with Crippen molar-refractivity contribution in [3.8, 4) is 0 Å². The number of aromatic nitrogens is 2. The van der Waals surface area contributed by atoms with Crippen LogP contribution in [0.4, 0.5) is 37.0 Å². The largest absolute Gasteiger partial charge is 0.447 e. The molecule has 168 valence electrons. The number of cyclic esters (lactones) is 1. The van der Waals surface area contributed by atoms with Crippen molar-refractivity contribution >= 4 is 11.9 Å². The van der Waals surface area contributed by atoms with E-state index in [1.54, 1.807) is 6.92 Å². The SMILES string of the molecule is C[C@H](Cc1ncc(F)c(N2C(=O)OC[C@@H]2[C@@H](C)C(F)F)n1)c1ccc(C(F)F)cc1F. The quantitative estimate of drug-likeness (QED) is 0.543. The Morgan fingerprint density at radius 2 is 1.87 bits per heavy atom. The van der Waals surface area contributed by atoms with Gasteiger partial charge in [0.15, 0.2) is 11.6 Å². The molecular formula is C20H19F6N3O2. The minimum atomic E-state index is -2.81. The number of benzene rings is 1. The maximum absolute atomic E-state index is 14.4. The van der Waals surface area contributed by atoms with E-state index in [9.17, 15) is 31.1 Å². The molecule has 1 fully saturated rings. The molecule has 0 aliphatic carbocycles. The van der Waals surface area contributed by atoms with Crippen LogP contribution in [0.25, 0.3) is 0 Å². The zero-order valence-corrected chi connectivity index (χ0v) is 16.5. The van der Waals surface area contributed by atoms with Crippen LogP contribution in [-0.2, 0) is 11.2 Å². The summed E-state index contributed by atoms with van der Waals surface area (Å²) in [6.45, 7) is 2.46. The van der Waals surface area contributed by atoms with Gasteiger partial charge in [-0.05, 0) is 17.5 Å². The van der Waals surface area contributed by atoms with Gasteiger partial charge in [-0.1, -0.05) is 26.0 Å². The average Bonchev–Trinajstić information content (AvgIpc) is 3.09. The van der Waals surface area contributed by atoms with Gasteiger partial charge in [0, 0.05) is 17.9 Å². The topological polar surface area (TPSA) is 55.3 Å². The standard InChI is InChI=1S/C20H19F6N3O2/c1-9(12-4-3-11(18(25)26)6-13(12)21)5-16-27-7-14(22)19(28-16)29-15(8-31-20(29)30)10(2)17(23)24/h3-4,6-7,9-10,15,17-18H,5,8H2,1-2H3/t9-,10-,15-/m1/s1. The van der Waals surface area contributed by atoms with Crippen molar-refractivity contribution in [3.05, 3.63) is 53.0 Å². The number of alkyl halides is 4. The summed E-state index contributed by atoms with van der Waals surface area (Å²) in [4.78, 5) is 20.6. The van der Waals surface area contributed by atoms with Gasteiger partial charge >= 0.3 is 6.09 Å². The van der Waals surface area contributed by atoms with Gasteiger partial charge in [0.05, 0.1) is 12.2 Å². The van der Waals surface area contributed by atoms with E-state index in [4.69, 9.17) is 4.74 Å². The summed E-state index contributed by atoms with van der Waals surface area (Å²) in [5, 5.41) is 0. The molecular weight excluding hydrogens is 428 g/mol. The number of carbonyl (C=O) groups is 1. The maximum atomic E-state index is 14.4. The Morgan fingerprint density at radius 1 is 1.16 bits per heavy atom. The third kappa shape index (κ3) is 4.75. The molecule has 2 aromatic rings. The van der Waals surface area contributed by atoms with E-state index in [1.807, 2.05) is 0 Å². The molecule has 2 heterocycles. The van der Waals surface area contributed by atoms with Gasteiger partial charge in [0.25, 0.3) is 6.43 Å². The van der Waals surface area contributed by atoms with Crippen LogP contribution in [0.1, 0.15) is 43.1 Å². The van der Waals surface area contributed by atoms with E-state index in [0.29, 0.717) is 0 Å². The average molecular weight is 447 g/mol. The first-order valence-electron chi connectivity index (χ1n) is 9.43. The van der Waals surface area contributed by atoms with Crippen LogP contribution >= 0.6 is 0 Å². The van der Waals surface area contributed by atoms with E-state index in [0.717, 1.165) is 23.2 Å². The summed E-state index contributed by atoms with van der Waals surface area (Å²) < 4.78 is 85.2. The van der Waals surface area contributed by atoms with E-state index in [-0.39, 0.29) is 24.4 Å². The summed E-state index contributed by atoms with van der Waals surface area (Å²) in [5.41, 5.74) is -0.329. The number of nitrogens with zero attached hydrogens (tertiary/aromatic N) is 3. The number of halogens is 6. The maximum Gasteiger partial charge on any atom is 0.416 e. The fourth-order valence-electron chi connectivity index (χ4n) is 3.36. The highest BCUT2D eigenvalue weighted by Crippen LogP contribution is 2.31. The second-order valence-corrected chi connectivity index (χ2v) is 7.35. The second kappa shape index (κ2) is 9.11. The number of anilines is 1. The summed E-state index contributed by atoms with van der Waals surface area (Å²) in [7, 11) is 0. The molecule has 1 amide bonds.